The number of hydrogen-bond donors (Lipinski definition) is 1. The molecular weight excluding hydrogens is 281 g/mol. The predicted molar refractivity (Wildman–Crippen MR) is 76.2 cm³/mol. The second-order valence-corrected chi connectivity index (χ2v) is 4.65. The highest BCUT2D eigenvalue weighted by molar-refractivity contribution is 6.30. The van der Waals surface area contributed by atoms with E-state index in [1.165, 1.54) is 12.1 Å². The molecule has 2 rings (SSSR count). The number of oxime groups is 1. The largest absolute Gasteiger partial charge is 0.489 e. The van der Waals surface area contributed by atoms with E-state index in [1.807, 2.05) is 0 Å². The van der Waals surface area contributed by atoms with E-state index in [9.17, 15) is 4.39 Å². The van der Waals surface area contributed by atoms with Gasteiger partial charge in [0.15, 0.2) is 0 Å². The standard InChI is InChI=1S/C15H13ClFNO2/c1-10(18-19)12-3-5-13(6-4-12)20-9-11-2-7-15(17)14(16)8-11/h2-8,19H,9H2,1H3/b18-10-. The van der Waals surface area contributed by atoms with E-state index in [1.54, 1.807) is 37.3 Å². The second-order valence-electron chi connectivity index (χ2n) is 4.25. The van der Waals surface area contributed by atoms with Crippen molar-refractivity contribution in [1.29, 1.82) is 0 Å². The second kappa shape index (κ2) is 6.39. The molecule has 0 saturated carbocycles. The van der Waals surface area contributed by atoms with E-state index in [0.29, 0.717) is 18.1 Å². The molecule has 1 N–H and O–H groups in total. The van der Waals surface area contributed by atoms with Crippen LogP contribution in [0.1, 0.15) is 18.1 Å². The molecule has 20 heavy (non-hydrogen) atoms. The van der Waals surface area contributed by atoms with Gasteiger partial charge in [-0.2, -0.15) is 0 Å². The lowest BCUT2D eigenvalue weighted by molar-refractivity contribution is 0.306. The first-order valence-corrected chi connectivity index (χ1v) is 6.34. The summed E-state index contributed by atoms with van der Waals surface area (Å²) in [7, 11) is 0. The van der Waals surface area contributed by atoms with Gasteiger partial charge in [-0.25, -0.2) is 4.39 Å². The van der Waals surface area contributed by atoms with Crippen molar-refractivity contribution in [2.45, 2.75) is 13.5 Å². The molecule has 0 saturated heterocycles. The van der Waals surface area contributed by atoms with Crippen LogP contribution in [0.4, 0.5) is 4.39 Å². The van der Waals surface area contributed by atoms with Gasteiger partial charge in [0, 0.05) is 0 Å². The van der Waals surface area contributed by atoms with Gasteiger partial charge in [-0.1, -0.05) is 22.8 Å². The maximum absolute atomic E-state index is 13.0. The maximum Gasteiger partial charge on any atom is 0.141 e. The normalized spacial score (nSPS) is 11.4. The van der Waals surface area contributed by atoms with Gasteiger partial charge in [-0.05, 0) is 54.4 Å². The van der Waals surface area contributed by atoms with Crippen LogP contribution in [0.5, 0.6) is 5.75 Å². The van der Waals surface area contributed by atoms with E-state index in [-0.39, 0.29) is 5.02 Å². The van der Waals surface area contributed by atoms with Crippen LogP contribution in [-0.2, 0) is 6.61 Å². The summed E-state index contributed by atoms with van der Waals surface area (Å²) in [5.74, 6) is 0.221. The summed E-state index contributed by atoms with van der Waals surface area (Å²) in [6.07, 6.45) is 0. The molecule has 0 radical (unpaired) electrons. The molecule has 0 aliphatic carbocycles. The molecule has 3 nitrogen and oxygen atoms in total. The first-order chi connectivity index (χ1) is 9.60. The smallest absolute Gasteiger partial charge is 0.141 e. The lowest BCUT2D eigenvalue weighted by Gasteiger charge is -2.07. The van der Waals surface area contributed by atoms with Crippen LogP contribution in [0.3, 0.4) is 0 Å². The molecule has 0 aromatic heterocycles. The third kappa shape index (κ3) is 3.48. The molecule has 2 aromatic rings. The zero-order chi connectivity index (χ0) is 14.5. The van der Waals surface area contributed by atoms with E-state index < -0.39 is 5.82 Å². The molecule has 0 spiro atoms. The van der Waals surface area contributed by atoms with Crippen molar-refractivity contribution in [2.24, 2.45) is 5.16 Å². The number of benzene rings is 2. The fraction of sp³-hybridized carbons (Fsp3) is 0.133. The predicted octanol–water partition coefficient (Wildman–Crippen LogP) is 4.26. The Bertz CT molecular complexity index is 626. The molecule has 0 atom stereocenters. The van der Waals surface area contributed by atoms with Crippen molar-refractivity contribution >= 4 is 17.3 Å². The minimum absolute atomic E-state index is 0.0798. The monoisotopic (exact) mass is 293 g/mol. The summed E-state index contributed by atoms with van der Waals surface area (Å²) in [6.45, 7) is 2.00. The molecule has 2 aromatic carbocycles. The fourth-order valence-corrected chi connectivity index (χ4v) is 1.85. The summed E-state index contributed by atoms with van der Waals surface area (Å²) in [5, 5.41) is 11.9. The molecule has 0 aliphatic rings. The van der Waals surface area contributed by atoms with Crippen molar-refractivity contribution in [3.05, 3.63) is 64.4 Å². The topological polar surface area (TPSA) is 41.8 Å². The van der Waals surface area contributed by atoms with Crippen molar-refractivity contribution in [1.82, 2.24) is 0 Å². The summed E-state index contributed by atoms with van der Waals surface area (Å²) in [6, 6.07) is 11.6. The van der Waals surface area contributed by atoms with E-state index in [0.717, 1.165) is 11.1 Å². The Morgan fingerprint density at radius 3 is 2.55 bits per heavy atom. The highest BCUT2D eigenvalue weighted by atomic mass is 35.5. The Morgan fingerprint density at radius 1 is 1.25 bits per heavy atom. The average molecular weight is 294 g/mol. The number of halogens is 2. The van der Waals surface area contributed by atoms with E-state index in [2.05, 4.69) is 5.16 Å². The Balaban J connectivity index is 2.02. The number of nitrogens with zero attached hydrogens (tertiary/aromatic N) is 1. The first kappa shape index (κ1) is 14.3. The Hall–Kier alpha value is -2.07. The quantitative estimate of drug-likeness (QED) is 0.520. The van der Waals surface area contributed by atoms with Crippen LogP contribution in [0.25, 0.3) is 0 Å². The van der Waals surface area contributed by atoms with Crippen LogP contribution in [-0.4, -0.2) is 10.9 Å². The molecule has 5 heteroatoms. The fourth-order valence-electron chi connectivity index (χ4n) is 1.65. The zero-order valence-electron chi connectivity index (χ0n) is 10.8. The minimum Gasteiger partial charge on any atom is -0.489 e. The summed E-state index contributed by atoms with van der Waals surface area (Å²) in [5.41, 5.74) is 2.13. The zero-order valence-corrected chi connectivity index (χ0v) is 11.6. The average Bonchev–Trinajstić information content (AvgIpc) is 2.48. The van der Waals surface area contributed by atoms with Crippen molar-refractivity contribution in [3.63, 3.8) is 0 Å². The van der Waals surface area contributed by atoms with E-state index in [4.69, 9.17) is 21.5 Å². The lowest BCUT2D eigenvalue weighted by atomic mass is 10.1. The summed E-state index contributed by atoms with van der Waals surface area (Å²) < 4.78 is 18.6. The molecule has 0 unspecified atom stereocenters. The van der Waals surface area contributed by atoms with Gasteiger partial charge in [-0.3, -0.25) is 0 Å². The van der Waals surface area contributed by atoms with Crippen LogP contribution < -0.4 is 4.74 Å². The van der Waals surface area contributed by atoms with Crippen LogP contribution in [0.15, 0.2) is 47.6 Å². The molecule has 0 aliphatic heterocycles. The van der Waals surface area contributed by atoms with Gasteiger partial charge in [0.25, 0.3) is 0 Å². The first-order valence-electron chi connectivity index (χ1n) is 5.96. The molecule has 0 bridgehead atoms. The van der Waals surface area contributed by atoms with Gasteiger partial charge in [0.1, 0.15) is 18.2 Å². The van der Waals surface area contributed by atoms with Crippen molar-refractivity contribution in [3.8, 4) is 5.75 Å². The molecule has 0 heterocycles. The van der Waals surface area contributed by atoms with Gasteiger partial charge < -0.3 is 9.94 Å². The van der Waals surface area contributed by atoms with Gasteiger partial charge >= 0.3 is 0 Å². The van der Waals surface area contributed by atoms with Crippen LogP contribution >= 0.6 is 11.6 Å². The minimum atomic E-state index is -0.446. The molecular formula is C15H13ClFNO2. The third-order valence-electron chi connectivity index (χ3n) is 2.81. The highest BCUT2D eigenvalue weighted by Crippen LogP contribution is 2.18. The molecule has 0 fully saturated rings. The Morgan fingerprint density at radius 2 is 1.95 bits per heavy atom. The maximum atomic E-state index is 13.0. The Labute approximate surface area is 121 Å². The number of hydrogen-bond acceptors (Lipinski definition) is 3. The van der Waals surface area contributed by atoms with Gasteiger partial charge in [-0.15, -0.1) is 0 Å². The lowest BCUT2D eigenvalue weighted by Crippen LogP contribution is -1.97. The number of ether oxygens (including phenoxy) is 1. The van der Waals surface area contributed by atoms with Crippen LogP contribution in [0, 0.1) is 5.82 Å². The van der Waals surface area contributed by atoms with E-state index >= 15 is 0 Å². The number of rotatable bonds is 4. The SMILES string of the molecule is C/C(=N/O)c1ccc(OCc2ccc(F)c(Cl)c2)cc1. The highest BCUT2D eigenvalue weighted by Gasteiger charge is 2.03. The summed E-state index contributed by atoms with van der Waals surface area (Å²) in [4.78, 5) is 0. The third-order valence-corrected chi connectivity index (χ3v) is 3.10. The van der Waals surface area contributed by atoms with Crippen molar-refractivity contribution in [2.75, 3.05) is 0 Å². The summed E-state index contributed by atoms with van der Waals surface area (Å²) >= 11 is 5.70. The Kier molecular flexibility index (Phi) is 4.58. The van der Waals surface area contributed by atoms with Crippen molar-refractivity contribution < 1.29 is 14.3 Å². The van der Waals surface area contributed by atoms with Gasteiger partial charge in [0.05, 0.1) is 10.7 Å². The van der Waals surface area contributed by atoms with Gasteiger partial charge in [0.2, 0.25) is 0 Å². The van der Waals surface area contributed by atoms with Crippen LogP contribution in [0.2, 0.25) is 5.02 Å². The molecule has 0 amide bonds. The molecule has 104 valence electrons.